The molecule has 0 saturated heterocycles. The average molecular weight is 273 g/mol. The summed E-state index contributed by atoms with van der Waals surface area (Å²) in [4.78, 5) is 11.9. The molecular weight excluding hydrogens is 256 g/mol. The van der Waals surface area contributed by atoms with Crippen LogP contribution in [0.5, 0.6) is 5.75 Å². The Kier molecular flexibility index (Phi) is 4.47. The van der Waals surface area contributed by atoms with Crippen LogP contribution >= 0.6 is 0 Å². The molecule has 1 aromatic rings. The van der Waals surface area contributed by atoms with E-state index in [-0.39, 0.29) is 5.75 Å². The van der Waals surface area contributed by atoms with E-state index in [2.05, 4.69) is 5.32 Å². The first-order chi connectivity index (χ1) is 8.68. The fourth-order valence-corrected chi connectivity index (χ4v) is 1.36. The maximum absolute atomic E-state index is 13.7. The Morgan fingerprint density at radius 1 is 1.42 bits per heavy atom. The van der Waals surface area contributed by atoms with Gasteiger partial charge in [0.1, 0.15) is 11.3 Å². The fraction of sp³-hybridized carbons (Fsp3) is 0.462. The standard InChI is InChI=1S/C13H17F2NO3/c1-7(13(2,3)18)16-12(17)10-9(19-4)6-5-8(14)11(10)15/h5-7,18H,1-4H3,(H,16,17)/t7-/m1/s1. The molecule has 19 heavy (non-hydrogen) atoms. The Hall–Kier alpha value is -1.69. The van der Waals surface area contributed by atoms with E-state index in [9.17, 15) is 18.7 Å². The van der Waals surface area contributed by atoms with Crippen LogP contribution in [0.25, 0.3) is 0 Å². The van der Waals surface area contributed by atoms with Gasteiger partial charge in [0.2, 0.25) is 0 Å². The van der Waals surface area contributed by atoms with Gasteiger partial charge in [-0.05, 0) is 32.9 Å². The summed E-state index contributed by atoms with van der Waals surface area (Å²) < 4.78 is 31.7. The van der Waals surface area contributed by atoms with Crippen molar-refractivity contribution in [3.8, 4) is 5.75 Å². The van der Waals surface area contributed by atoms with E-state index in [1.807, 2.05) is 0 Å². The average Bonchev–Trinajstić information content (AvgIpc) is 2.30. The van der Waals surface area contributed by atoms with Gasteiger partial charge in [0, 0.05) is 0 Å². The first kappa shape index (κ1) is 15.4. The molecule has 0 aliphatic carbocycles. The maximum atomic E-state index is 13.7. The molecule has 6 heteroatoms. The van der Waals surface area contributed by atoms with Crippen LogP contribution in [0, 0.1) is 11.6 Å². The Morgan fingerprint density at radius 3 is 2.47 bits per heavy atom. The third-order valence-electron chi connectivity index (χ3n) is 2.91. The molecule has 0 spiro atoms. The van der Waals surface area contributed by atoms with Crippen LogP contribution < -0.4 is 10.1 Å². The van der Waals surface area contributed by atoms with Crippen LogP contribution in [0.2, 0.25) is 0 Å². The quantitative estimate of drug-likeness (QED) is 0.880. The Bertz CT molecular complexity index is 484. The number of carbonyl (C=O) groups is 1. The molecule has 2 N–H and O–H groups in total. The van der Waals surface area contributed by atoms with Crippen LogP contribution in [-0.2, 0) is 0 Å². The van der Waals surface area contributed by atoms with Crippen molar-refractivity contribution in [2.75, 3.05) is 7.11 Å². The molecular formula is C13H17F2NO3. The molecule has 0 fully saturated rings. The number of nitrogens with one attached hydrogen (secondary N) is 1. The van der Waals surface area contributed by atoms with E-state index < -0.39 is 34.7 Å². The van der Waals surface area contributed by atoms with Crippen molar-refractivity contribution < 1.29 is 23.4 Å². The second kappa shape index (κ2) is 5.52. The smallest absolute Gasteiger partial charge is 0.258 e. The zero-order valence-electron chi connectivity index (χ0n) is 11.3. The number of ether oxygens (including phenoxy) is 1. The molecule has 1 atom stereocenters. The van der Waals surface area contributed by atoms with Crippen molar-refractivity contribution in [2.24, 2.45) is 0 Å². The molecule has 0 aliphatic heterocycles. The van der Waals surface area contributed by atoms with Crippen LogP contribution in [0.15, 0.2) is 12.1 Å². The van der Waals surface area contributed by atoms with E-state index in [1.54, 1.807) is 6.92 Å². The Labute approximate surface area is 110 Å². The summed E-state index contributed by atoms with van der Waals surface area (Å²) in [5, 5.41) is 12.1. The lowest BCUT2D eigenvalue weighted by Gasteiger charge is -2.27. The lowest BCUT2D eigenvalue weighted by molar-refractivity contribution is 0.0406. The largest absolute Gasteiger partial charge is 0.496 e. The molecule has 0 unspecified atom stereocenters. The second-order valence-corrected chi connectivity index (χ2v) is 4.79. The third-order valence-corrected chi connectivity index (χ3v) is 2.91. The number of amides is 1. The van der Waals surface area contributed by atoms with E-state index in [0.29, 0.717) is 0 Å². The minimum Gasteiger partial charge on any atom is -0.496 e. The van der Waals surface area contributed by atoms with Crippen LogP contribution in [0.1, 0.15) is 31.1 Å². The number of benzene rings is 1. The number of hydrogen-bond acceptors (Lipinski definition) is 3. The molecule has 4 nitrogen and oxygen atoms in total. The van der Waals surface area contributed by atoms with Crippen molar-refractivity contribution in [1.29, 1.82) is 0 Å². The highest BCUT2D eigenvalue weighted by molar-refractivity contribution is 5.97. The van der Waals surface area contributed by atoms with E-state index in [4.69, 9.17) is 4.74 Å². The zero-order valence-corrected chi connectivity index (χ0v) is 11.3. The molecule has 0 aromatic heterocycles. The van der Waals surface area contributed by atoms with Gasteiger partial charge in [0.05, 0.1) is 18.8 Å². The normalized spacial score (nSPS) is 13.0. The number of methoxy groups -OCH3 is 1. The molecule has 0 radical (unpaired) electrons. The van der Waals surface area contributed by atoms with Gasteiger partial charge >= 0.3 is 0 Å². The summed E-state index contributed by atoms with van der Waals surface area (Å²) in [6.45, 7) is 4.55. The highest BCUT2D eigenvalue weighted by Crippen LogP contribution is 2.24. The van der Waals surface area contributed by atoms with Crippen LogP contribution in [0.3, 0.4) is 0 Å². The van der Waals surface area contributed by atoms with E-state index in [0.717, 1.165) is 6.07 Å². The van der Waals surface area contributed by atoms with Gasteiger partial charge in [0.25, 0.3) is 5.91 Å². The molecule has 1 amide bonds. The monoisotopic (exact) mass is 273 g/mol. The van der Waals surface area contributed by atoms with E-state index >= 15 is 0 Å². The fourth-order valence-electron chi connectivity index (χ4n) is 1.36. The van der Waals surface area contributed by atoms with Gasteiger partial charge in [-0.1, -0.05) is 0 Å². The van der Waals surface area contributed by atoms with Gasteiger partial charge < -0.3 is 15.2 Å². The summed E-state index contributed by atoms with van der Waals surface area (Å²) in [7, 11) is 1.25. The van der Waals surface area contributed by atoms with Gasteiger partial charge in [0.15, 0.2) is 11.6 Å². The lowest BCUT2D eigenvalue weighted by atomic mass is 10.0. The predicted molar refractivity (Wildman–Crippen MR) is 66.1 cm³/mol. The first-order valence-corrected chi connectivity index (χ1v) is 5.73. The summed E-state index contributed by atoms with van der Waals surface area (Å²) in [6, 6.07) is 1.40. The topological polar surface area (TPSA) is 58.6 Å². The summed E-state index contributed by atoms with van der Waals surface area (Å²) in [5.41, 5.74) is -1.70. The molecule has 0 saturated carbocycles. The van der Waals surface area contributed by atoms with Gasteiger partial charge in [-0.3, -0.25) is 4.79 Å². The highest BCUT2D eigenvalue weighted by Gasteiger charge is 2.27. The SMILES string of the molecule is COc1ccc(F)c(F)c1C(=O)N[C@H](C)C(C)(C)O. The molecule has 1 aromatic carbocycles. The second-order valence-electron chi connectivity index (χ2n) is 4.79. The Balaban J connectivity index is 3.09. The molecule has 0 aliphatic rings. The summed E-state index contributed by atoms with van der Waals surface area (Å²) in [5.74, 6) is -3.33. The minimum atomic E-state index is -1.28. The number of aliphatic hydroxyl groups is 1. The third kappa shape index (κ3) is 3.41. The van der Waals surface area contributed by atoms with Crippen molar-refractivity contribution in [3.05, 3.63) is 29.3 Å². The first-order valence-electron chi connectivity index (χ1n) is 5.73. The highest BCUT2D eigenvalue weighted by atomic mass is 19.2. The van der Waals surface area contributed by atoms with Gasteiger partial charge in [-0.15, -0.1) is 0 Å². The zero-order chi connectivity index (χ0) is 14.8. The van der Waals surface area contributed by atoms with Crippen molar-refractivity contribution >= 4 is 5.91 Å². The predicted octanol–water partition coefficient (Wildman–Crippen LogP) is 1.86. The number of rotatable bonds is 4. The maximum Gasteiger partial charge on any atom is 0.258 e. The molecule has 1 rings (SSSR count). The minimum absolute atomic E-state index is 0.0701. The molecule has 106 valence electrons. The number of halogens is 2. The number of hydrogen-bond donors (Lipinski definition) is 2. The number of carbonyl (C=O) groups excluding carboxylic acids is 1. The van der Waals surface area contributed by atoms with Crippen LogP contribution in [0.4, 0.5) is 8.78 Å². The van der Waals surface area contributed by atoms with Crippen molar-refractivity contribution in [3.63, 3.8) is 0 Å². The lowest BCUT2D eigenvalue weighted by Crippen LogP contribution is -2.47. The molecule has 0 heterocycles. The van der Waals surface area contributed by atoms with Gasteiger partial charge in [-0.25, -0.2) is 8.78 Å². The van der Waals surface area contributed by atoms with Crippen molar-refractivity contribution in [1.82, 2.24) is 5.32 Å². The van der Waals surface area contributed by atoms with E-state index in [1.165, 1.54) is 27.0 Å². The Morgan fingerprint density at radius 2 is 2.00 bits per heavy atom. The van der Waals surface area contributed by atoms with Crippen molar-refractivity contribution in [2.45, 2.75) is 32.4 Å². The van der Waals surface area contributed by atoms with Crippen LogP contribution in [-0.4, -0.2) is 29.8 Å². The van der Waals surface area contributed by atoms with Gasteiger partial charge in [-0.2, -0.15) is 0 Å². The summed E-state index contributed by atoms with van der Waals surface area (Å²) in [6.07, 6.45) is 0. The molecule has 0 bridgehead atoms. The summed E-state index contributed by atoms with van der Waals surface area (Å²) >= 11 is 0.